The molecule has 0 heterocycles. The largest absolute Gasteiger partial charge is 0.493 e. The molecule has 1 N–H and O–H groups in total. The zero-order chi connectivity index (χ0) is 39.9. The lowest BCUT2D eigenvalue weighted by Crippen LogP contribution is -2.67. The van der Waals surface area contributed by atoms with Crippen LogP contribution in [0.15, 0.2) is 72.8 Å². The fourth-order valence-corrected chi connectivity index (χ4v) is 12.6. The molecule has 2 unspecified atom stereocenters. The highest BCUT2D eigenvalue weighted by Crippen LogP contribution is 2.46. The molecule has 0 aromatic heterocycles. The maximum atomic E-state index is 13.7. The minimum atomic E-state index is -2.78. The van der Waals surface area contributed by atoms with Crippen LogP contribution in [0.1, 0.15) is 78.3 Å². The molecular weight excluding hydrogens is 717 g/mol. The first kappa shape index (κ1) is 41.3. The highest BCUT2D eigenvalue weighted by molar-refractivity contribution is 6.99. The molecule has 0 radical (unpaired) electrons. The van der Waals surface area contributed by atoms with Crippen LogP contribution in [0, 0.1) is 0 Å². The van der Waals surface area contributed by atoms with Crippen molar-refractivity contribution in [3.63, 3.8) is 0 Å². The molecular formula is C44H54O10Si. The molecule has 2 aliphatic carbocycles. The van der Waals surface area contributed by atoms with E-state index in [9.17, 15) is 14.7 Å². The van der Waals surface area contributed by atoms with Gasteiger partial charge in [0, 0.05) is 12.8 Å². The first-order valence-electron chi connectivity index (χ1n) is 18.6. The van der Waals surface area contributed by atoms with Crippen molar-refractivity contribution in [2.24, 2.45) is 0 Å². The Bertz CT molecular complexity index is 1920. The summed E-state index contributed by atoms with van der Waals surface area (Å²) >= 11 is 0. The third-order valence-electron chi connectivity index (χ3n) is 10.5. The molecule has 0 saturated carbocycles. The van der Waals surface area contributed by atoms with Crippen LogP contribution in [0.3, 0.4) is 0 Å². The van der Waals surface area contributed by atoms with Crippen LogP contribution in [-0.2, 0) is 17.3 Å². The van der Waals surface area contributed by atoms with E-state index in [1.54, 1.807) is 27.4 Å². The van der Waals surface area contributed by atoms with Crippen LogP contribution in [-0.4, -0.2) is 79.9 Å². The second-order valence-electron chi connectivity index (χ2n) is 14.7. The van der Waals surface area contributed by atoms with Gasteiger partial charge in [-0.15, -0.1) is 0 Å². The summed E-state index contributed by atoms with van der Waals surface area (Å²) in [6.45, 7) is 6.77. The van der Waals surface area contributed by atoms with E-state index in [0.717, 1.165) is 17.5 Å². The lowest BCUT2D eigenvalue weighted by molar-refractivity contribution is 0.0874. The molecule has 10 nitrogen and oxygen atoms in total. The van der Waals surface area contributed by atoms with Gasteiger partial charge in [-0.1, -0.05) is 81.4 Å². The topological polar surface area (TPSA) is 119 Å². The smallest absolute Gasteiger partial charge is 0.261 e. The third-order valence-corrected chi connectivity index (χ3v) is 15.5. The van der Waals surface area contributed by atoms with Crippen molar-refractivity contribution in [3.8, 4) is 34.5 Å². The van der Waals surface area contributed by atoms with E-state index in [1.165, 1.54) is 31.7 Å². The van der Waals surface area contributed by atoms with Gasteiger partial charge < -0.3 is 38.0 Å². The van der Waals surface area contributed by atoms with Gasteiger partial charge in [-0.25, -0.2) is 0 Å². The number of benzene rings is 4. The van der Waals surface area contributed by atoms with E-state index in [2.05, 4.69) is 69.3 Å². The van der Waals surface area contributed by atoms with Crippen LogP contribution in [0.2, 0.25) is 5.04 Å². The minimum Gasteiger partial charge on any atom is -0.493 e. The van der Waals surface area contributed by atoms with Crippen LogP contribution < -0.4 is 38.8 Å². The lowest BCUT2D eigenvalue weighted by Gasteiger charge is -2.45. The van der Waals surface area contributed by atoms with E-state index in [4.69, 9.17) is 32.8 Å². The maximum Gasteiger partial charge on any atom is 0.261 e. The van der Waals surface area contributed by atoms with Crippen molar-refractivity contribution in [1.82, 2.24) is 0 Å². The Kier molecular flexibility index (Phi) is 13.3. The van der Waals surface area contributed by atoms with Gasteiger partial charge >= 0.3 is 0 Å². The summed E-state index contributed by atoms with van der Waals surface area (Å²) in [5, 5.41) is 12.0. The number of rotatable bonds is 10. The zero-order valence-electron chi connectivity index (χ0n) is 33.4. The van der Waals surface area contributed by atoms with E-state index >= 15 is 0 Å². The summed E-state index contributed by atoms with van der Waals surface area (Å²) in [6.07, 6.45) is 2.11. The van der Waals surface area contributed by atoms with Crippen LogP contribution in [0.5, 0.6) is 34.5 Å². The number of methoxy groups -OCH3 is 6. The predicted molar refractivity (Wildman–Crippen MR) is 215 cm³/mol. The second kappa shape index (κ2) is 17.7. The fraction of sp³-hybridized carbons (Fsp3) is 0.409. The monoisotopic (exact) mass is 770 g/mol. The van der Waals surface area contributed by atoms with Crippen LogP contribution in [0.25, 0.3) is 0 Å². The maximum absolute atomic E-state index is 13.7. The summed E-state index contributed by atoms with van der Waals surface area (Å²) in [5.74, 6) is 2.64. The molecule has 2 atom stereocenters. The average Bonchev–Trinajstić information content (AvgIpc) is 3.44. The van der Waals surface area contributed by atoms with Crippen molar-refractivity contribution >= 4 is 30.3 Å². The van der Waals surface area contributed by atoms with E-state index in [-0.39, 0.29) is 35.6 Å². The zero-order valence-corrected chi connectivity index (χ0v) is 34.4. The van der Waals surface area contributed by atoms with E-state index < -0.39 is 14.4 Å². The molecule has 4 aromatic carbocycles. The number of fused-ring (bicyclic) bond motifs is 2. The standard InChI is InChI=1S/C30H36O5Si.C14H18O5/c1-30(2,3)36(23-13-9-7-10-14-23,24-15-11-8-12-16-24)35-22-18-17-21-19-26(32-4)28(33-5)29(34-6)27(21)25(31)20-22;1-17-11-6-8-4-5-9(15)7-10(16)12(8)14(19-3)13(11)18-2/h7-16,19,22H,17-18,20H2,1-6H3;6,9,15H,4-5,7H2,1-3H3. The number of hydrogen-bond donors (Lipinski definition) is 1. The number of ether oxygens (including phenoxy) is 6. The molecule has 0 aliphatic heterocycles. The number of carbonyl (C=O) groups is 2. The average molecular weight is 771 g/mol. The first-order chi connectivity index (χ1) is 26.4. The molecule has 4 aromatic rings. The Morgan fingerprint density at radius 1 is 0.582 bits per heavy atom. The molecule has 6 rings (SSSR count). The number of aliphatic hydroxyl groups is 1. The first-order valence-corrected chi connectivity index (χ1v) is 20.5. The molecule has 0 spiro atoms. The summed E-state index contributed by atoms with van der Waals surface area (Å²) in [7, 11) is 6.47. The van der Waals surface area contributed by atoms with E-state index in [0.29, 0.717) is 64.9 Å². The van der Waals surface area contributed by atoms with Crippen molar-refractivity contribution in [2.45, 2.75) is 76.5 Å². The van der Waals surface area contributed by atoms with Crippen molar-refractivity contribution < 1.29 is 47.5 Å². The Labute approximate surface area is 325 Å². The number of Topliss-reactive ketones (excluding diaryl/α,β-unsaturated/α-hetero) is 2. The van der Waals surface area contributed by atoms with Gasteiger partial charge in [0.1, 0.15) is 0 Å². The summed E-state index contributed by atoms with van der Waals surface area (Å²) in [5.41, 5.74) is 2.81. The number of aryl methyl sites for hydroxylation is 2. The van der Waals surface area contributed by atoms with Crippen molar-refractivity contribution in [3.05, 3.63) is 95.1 Å². The molecule has 0 bridgehead atoms. The molecule has 2 aliphatic rings. The molecule has 0 amide bonds. The van der Waals surface area contributed by atoms with Gasteiger partial charge in [0.15, 0.2) is 34.6 Å². The normalized spacial score (nSPS) is 17.0. The quantitative estimate of drug-likeness (QED) is 0.137. The summed E-state index contributed by atoms with van der Waals surface area (Å²) in [4.78, 5) is 26.0. The highest BCUT2D eigenvalue weighted by atomic mass is 28.4. The molecule has 294 valence electrons. The Morgan fingerprint density at radius 2 is 1.00 bits per heavy atom. The summed E-state index contributed by atoms with van der Waals surface area (Å²) < 4.78 is 40.0. The molecule has 55 heavy (non-hydrogen) atoms. The van der Waals surface area contributed by atoms with Gasteiger partial charge in [0.25, 0.3) is 8.32 Å². The lowest BCUT2D eigenvalue weighted by atomic mass is 9.99. The van der Waals surface area contributed by atoms with E-state index in [1.807, 2.05) is 18.2 Å². The van der Waals surface area contributed by atoms with Crippen LogP contribution in [0.4, 0.5) is 0 Å². The predicted octanol–water partition coefficient (Wildman–Crippen LogP) is 6.77. The molecule has 11 heteroatoms. The van der Waals surface area contributed by atoms with Crippen LogP contribution >= 0.6 is 0 Å². The third kappa shape index (κ3) is 8.24. The highest BCUT2D eigenvalue weighted by Gasteiger charge is 2.52. The molecule has 0 saturated heterocycles. The number of ketones is 2. The fourth-order valence-electron chi connectivity index (χ4n) is 7.93. The Morgan fingerprint density at radius 3 is 1.40 bits per heavy atom. The van der Waals surface area contributed by atoms with Crippen molar-refractivity contribution in [2.75, 3.05) is 42.7 Å². The number of hydrogen-bond acceptors (Lipinski definition) is 10. The number of aliphatic hydroxyl groups excluding tert-OH is 1. The minimum absolute atomic E-state index is 0.00300. The Hall–Kier alpha value is -4.84. The molecule has 0 fully saturated rings. The SMILES string of the molecule is COc1cc2c(c(OC)c1OC)C(=O)CC(O)CC2.COc1cc2c(c(OC)c1OC)C(=O)CC(O[Si](c1ccccc1)(c1ccccc1)C(C)(C)C)CC2. The van der Waals surface area contributed by atoms with Crippen molar-refractivity contribution in [1.29, 1.82) is 0 Å². The van der Waals surface area contributed by atoms with Gasteiger partial charge in [0.2, 0.25) is 11.5 Å². The summed E-state index contributed by atoms with van der Waals surface area (Å²) in [6, 6.07) is 24.8. The Balaban J connectivity index is 0.000000256. The van der Waals surface area contributed by atoms with Gasteiger partial charge in [0.05, 0.1) is 66.0 Å². The number of carbonyl (C=O) groups excluding carboxylic acids is 2. The second-order valence-corrected chi connectivity index (χ2v) is 19.0. The van der Waals surface area contributed by atoms with Gasteiger partial charge in [-0.2, -0.15) is 0 Å². The van der Waals surface area contributed by atoms with Gasteiger partial charge in [-0.05, 0) is 64.4 Å². The van der Waals surface area contributed by atoms with Gasteiger partial charge in [-0.3, -0.25) is 9.59 Å².